The van der Waals surface area contributed by atoms with Crippen LogP contribution in [0.3, 0.4) is 0 Å². The lowest BCUT2D eigenvalue weighted by Gasteiger charge is -2.23. The first kappa shape index (κ1) is 18.6. The van der Waals surface area contributed by atoms with Gasteiger partial charge in [-0.3, -0.25) is 5.43 Å². The van der Waals surface area contributed by atoms with E-state index < -0.39 is 11.7 Å². The van der Waals surface area contributed by atoms with Crippen LogP contribution < -0.4 is 16.2 Å². The third-order valence-electron chi connectivity index (χ3n) is 2.92. The lowest BCUT2D eigenvalue weighted by molar-refractivity contribution is 0.0506. The molecule has 0 bridgehead atoms. The molecule has 0 saturated heterocycles. The highest BCUT2D eigenvalue weighted by atomic mass is 16.6. The Bertz CT molecular complexity index is 590. The SMILES string of the molecule is C=C(C)/C=C\C1=C(C)CC=C(C(=C)NNC(=O)OC(C)(C)C)N1. The summed E-state index contributed by atoms with van der Waals surface area (Å²) < 4.78 is 5.15. The van der Waals surface area contributed by atoms with Gasteiger partial charge in [-0.15, -0.1) is 0 Å². The van der Waals surface area contributed by atoms with Gasteiger partial charge in [0.1, 0.15) is 5.60 Å². The Kier molecular flexibility index (Phi) is 6.25. The third-order valence-corrected chi connectivity index (χ3v) is 2.92. The largest absolute Gasteiger partial charge is 0.443 e. The van der Waals surface area contributed by atoms with Gasteiger partial charge in [0.25, 0.3) is 0 Å². The molecule has 126 valence electrons. The first-order valence-corrected chi connectivity index (χ1v) is 7.53. The second-order valence-corrected chi connectivity index (χ2v) is 6.55. The van der Waals surface area contributed by atoms with Gasteiger partial charge in [-0.2, -0.15) is 0 Å². The van der Waals surface area contributed by atoms with Crippen LogP contribution in [0.2, 0.25) is 0 Å². The van der Waals surface area contributed by atoms with Gasteiger partial charge in [0.2, 0.25) is 0 Å². The highest BCUT2D eigenvalue weighted by molar-refractivity contribution is 5.67. The van der Waals surface area contributed by atoms with Crippen molar-refractivity contribution in [1.29, 1.82) is 0 Å². The van der Waals surface area contributed by atoms with Gasteiger partial charge in [-0.05, 0) is 52.7 Å². The van der Waals surface area contributed by atoms with E-state index in [2.05, 4.69) is 36.2 Å². The Morgan fingerprint density at radius 1 is 1.35 bits per heavy atom. The normalized spacial score (nSPS) is 14.9. The Labute approximate surface area is 138 Å². The van der Waals surface area contributed by atoms with Crippen molar-refractivity contribution in [3.8, 4) is 0 Å². The van der Waals surface area contributed by atoms with Crippen LogP contribution in [0.5, 0.6) is 0 Å². The van der Waals surface area contributed by atoms with E-state index in [0.29, 0.717) is 5.70 Å². The number of hydrogen-bond donors (Lipinski definition) is 3. The highest BCUT2D eigenvalue weighted by Gasteiger charge is 2.17. The van der Waals surface area contributed by atoms with E-state index in [9.17, 15) is 4.79 Å². The van der Waals surface area contributed by atoms with Gasteiger partial charge in [-0.1, -0.05) is 30.9 Å². The summed E-state index contributed by atoms with van der Waals surface area (Å²) in [6.45, 7) is 17.2. The van der Waals surface area contributed by atoms with E-state index >= 15 is 0 Å². The number of nitrogens with one attached hydrogen (secondary N) is 3. The molecule has 0 spiro atoms. The molecule has 0 unspecified atom stereocenters. The molecule has 1 rings (SSSR count). The summed E-state index contributed by atoms with van der Waals surface area (Å²) in [6, 6.07) is 0. The Balaban J connectivity index is 2.58. The fourth-order valence-electron chi connectivity index (χ4n) is 1.77. The molecule has 23 heavy (non-hydrogen) atoms. The van der Waals surface area contributed by atoms with Crippen LogP contribution >= 0.6 is 0 Å². The maximum Gasteiger partial charge on any atom is 0.426 e. The van der Waals surface area contributed by atoms with Crippen molar-refractivity contribution >= 4 is 6.09 Å². The zero-order valence-electron chi connectivity index (χ0n) is 14.7. The monoisotopic (exact) mass is 317 g/mol. The Hall–Kier alpha value is -2.43. The molecule has 0 radical (unpaired) electrons. The minimum absolute atomic E-state index is 0.546. The highest BCUT2D eigenvalue weighted by Crippen LogP contribution is 2.19. The molecule has 1 heterocycles. The first-order valence-electron chi connectivity index (χ1n) is 7.53. The quantitative estimate of drug-likeness (QED) is 0.533. The summed E-state index contributed by atoms with van der Waals surface area (Å²) in [4.78, 5) is 11.6. The fourth-order valence-corrected chi connectivity index (χ4v) is 1.77. The molecule has 0 fully saturated rings. The molecule has 0 saturated carbocycles. The summed E-state index contributed by atoms with van der Waals surface area (Å²) in [5.74, 6) is 0. The number of hydrazine groups is 1. The molecule has 1 aliphatic rings. The van der Waals surface area contributed by atoms with Crippen molar-refractivity contribution in [1.82, 2.24) is 16.2 Å². The summed E-state index contributed by atoms with van der Waals surface area (Å²) in [7, 11) is 0. The number of hydrogen-bond acceptors (Lipinski definition) is 4. The van der Waals surface area contributed by atoms with Gasteiger partial charge in [0.05, 0.1) is 11.4 Å². The van der Waals surface area contributed by atoms with Crippen molar-refractivity contribution < 1.29 is 9.53 Å². The number of dihydropyridines is 1. The van der Waals surface area contributed by atoms with Gasteiger partial charge >= 0.3 is 6.09 Å². The molecule has 1 aliphatic heterocycles. The molecule has 0 aliphatic carbocycles. The van der Waals surface area contributed by atoms with E-state index in [-0.39, 0.29) is 0 Å². The van der Waals surface area contributed by atoms with E-state index in [1.165, 1.54) is 5.57 Å². The van der Waals surface area contributed by atoms with Crippen LogP contribution in [0.25, 0.3) is 0 Å². The average molecular weight is 317 g/mol. The lowest BCUT2D eigenvalue weighted by atomic mass is 10.1. The minimum Gasteiger partial charge on any atom is -0.443 e. The zero-order chi connectivity index (χ0) is 17.6. The predicted molar refractivity (Wildman–Crippen MR) is 94.1 cm³/mol. The maximum absolute atomic E-state index is 11.6. The summed E-state index contributed by atoms with van der Waals surface area (Å²) in [5, 5.41) is 3.29. The maximum atomic E-state index is 11.6. The van der Waals surface area contributed by atoms with Gasteiger partial charge in [-0.25, -0.2) is 10.2 Å². The first-order chi connectivity index (χ1) is 10.6. The van der Waals surface area contributed by atoms with Crippen LogP contribution in [0.1, 0.15) is 41.0 Å². The molecule has 0 aromatic carbocycles. The topological polar surface area (TPSA) is 62.4 Å². The average Bonchev–Trinajstić information content (AvgIpc) is 2.42. The lowest BCUT2D eigenvalue weighted by Crippen LogP contribution is -2.41. The molecule has 5 nitrogen and oxygen atoms in total. The summed E-state index contributed by atoms with van der Waals surface area (Å²) in [6.07, 6.45) is 6.21. The van der Waals surface area contributed by atoms with E-state index in [0.717, 1.165) is 23.4 Å². The molecule has 5 heteroatoms. The van der Waals surface area contributed by atoms with E-state index in [4.69, 9.17) is 4.74 Å². The molecule has 0 atom stereocenters. The molecular formula is C18H27N3O2. The molecule has 0 aromatic heterocycles. The number of ether oxygens (including phenoxy) is 1. The van der Waals surface area contributed by atoms with Crippen molar-refractivity contribution in [3.63, 3.8) is 0 Å². The zero-order valence-corrected chi connectivity index (χ0v) is 14.7. The summed E-state index contributed by atoms with van der Waals surface area (Å²) >= 11 is 0. The number of allylic oxidation sites excluding steroid dienone is 5. The van der Waals surface area contributed by atoms with Crippen molar-refractivity contribution in [2.24, 2.45) is 0 Å². The molecule has 1 amide bonds. The van der Waals surface area contributed by atoms with E-state index in [1.54, 1.807) is 20.8 Å². The van der Waals surface area contributed by atoms with E-state index in [1.807, 2.05) is 25.2 Å². The number of rotatable bonds is 5. The van der Waals surface area contributed by atoms with Gasteiger partial charge < -0.3 is 10.1 Å². The van der Waals surface area contributed by atoms with Crippen LogP contribution in [0.4, 0.5) is 4.79 Å². The number of amides is 1. The number of carbonyl (C=O) groups excluding carboxylic acids is 1. The third kappa shape index (κ3) is 6.91. The molecule has 3 N–H and O–H groups in total. The second-order valence-electron chi connectivity index (χ2n) is 6.55. The smallest absolute Gasteiger partial charge is 0.426 e. The minimum atomic E-state index is -0.552. The van der Waals surface area contributed by atoms with Crippen LogP contribution in [0.15, 0.2) is 59.6 Å². The fraction of sp³-hybridized carbons (Fsp3) is 0.389. The molecule has 0 aromatic rings. The van der Waals surface area contributed by atoms with Crippen molar-refractivity contribution in [3.05, 3.63) is 59.6 Å². The standard InChI is InChI=1S/C18H27N3O2/c1-12(2)8-10-15-13(3)9-11-16(19-15)14(4)20-21-17(22)23-18(5,6)7/h8,10-11,19-20H,1,4,9H2,2-3,5-7H3,(H,21,22)/b10-8-. The predicted octanol–water partition coefficient (Wildman–Crippen LogP) is 3.81. The Morgan fingerprint density at radius 2 is 2.00 bits per heavy atom. The number of carbonyl (C=O) groups is 1. The van der Waals surface area contributed by atoms with Crippen LogP contribution in [0, 0.1) is 0 Å². The molecular weight excluding hydrogens is 290 g/mol. The van der Waals surface area contributed by atoms with Gasteiger partial charge in [0.15, 0.2) is 0 Å². The van der Waals surface area contributed by atoms with Crippen LogP contribution in [-0.2, 0) is 4.74 Å². The Morgan fingerprint density at radius 3 is 2.57 bits per heavy atom. The van der Waals surface area contributed by atoms with Crippen molar-refractivity contribution in [2.75, 3.05) is 0 Å². The second kappa shape index (κ2) is 7.72. The van der Waals surface area contributed by atoms with Crippen molar-refractivity contribution in [2.45, 2.75) is 46.6 Å². The van der Waals surface area contributed by atoms with Gasteiger partial charge in [0, 0.05) is 5.70 Å². The summed E-state index contributed by atoms with van der Waals surface area (Å²) in [5.41, 5.74) is 9.27. The van der Waals surface area contributed by atoms with Crippen LogP contribution in [-0.4, -0.2) is 11.7 Å².